The van der Waals surface area contributed by atoms with Gasteiger partial charge in [-0.25, -0.2) is 4.79 Å². The van der Waals surface area contributed by atoms with E-state index in [1.165, 1.54) is 4.90 Å². The summed E-state index contributed by atoms with van der Waals surface area (Å²) in [6.45, 7) is 5.62. The molecule has 100 valence electrons. The molecule has 0 aliphatic carbocycles. The predicted molar refractivity (Wildman–Crippen MR) is 61.7 cm³/mol. The largest absolute Gasteiger partial charge is 0.444 e. The Labute approximate surface area is 105 Å². The van der Waals surface area contributed by atoms with Crippen molar-refractivity contribution in [3.8, 4) is 0 Å². The van der Waals surface area contributed by atoms with Gasteiger partial charge in [-0.15, -0.1) is 0 Å². The fourth-order valence-corrected chi connectivity index (χ4v) is 1.98. The van der Waals surface area contributed by atoms with Crippen LogP contribution in [0, 0.1) is 0 Å². The highest BCUT2D eigenvalue weighted by Gasteiger charge is 2.54. The minimum Gasteiger partial charge on any atom is -0.444 e. The van der Waals surface area contributed by atoms with Crippen LogP contribution in [-0.4, -0.2) is 53.6 Å². The van der Waals surface area contributed by atoms with Crippen molar-refractivity contribution in [2.24, 2.45) is 0 Å². The monoisotopic (exact) mass is 255 g/mol. The molecular weight excluding hydrogens is 238 g/mol. The number of nitrogens with one attached hydrogen (secondary N) is 2. The number of likely N-dealkylation sites (tertiary alicyclic amines) is 1. The second kappa shape index (κ2) is 3.86. The second-order valence-corrected chi connectivity index (χ2v) is 5.65. The molecule has 0 atom stereocenters. The van der Waals surface area contributed by atoms with Crippen molar-refractivity contribution in [2.75, 3.05) is 19.6 Å². The molecule has 2 heterocycles. The lowest BCUT2D eigenvalue weighted by Crippen LogP contribution is -2.80. The summed E-state index contributed by atoms with van der Waals surface area (Å²) >= 11 is 0. The van der Waals surface area contributed by atoms with E-state index in [0.29, 0.717) is 0 Å². The van der Waals surface area contributed by atoms with E-state index in [0.717, 1.165) is 0 Å². The Balaban J connectivity index is 1.95. The van der Waals surface area contributed by atoms with Gasteiger partial charge in [0.1, 0.15) is 5.60 Å². The van der Waals surface area contributed by atoms with E-state index >= 15 is 0 Å². The van der Waals surface area contributed by atoms with Crippen LogP contribution in [0.3, 0.4) is 0 Å². The average Bonchev–Trinajstić information content (AvgIpc) is 2.15. The molecule has 7 heteroatoms. The molecule has 0 radical (unpaired) electrons. The summed E-state index contributed by atoms with van der Waals surface area (Å²) < 4.78 is 5.18. The fourth-order valence-electron chi connectivity index (χ4n) is 1.98. The number of hydrogen-bond donors (Lipinski definition) is 2. The molecule has 2 aliphatic rings. The maximum Gasteiger partial charge on any atom is 0.410 e. The Hall–Kier alpha value is -1.79. The minimum absolute atomic E-state index is 0.00692. The van der Waals surface area contributed by atoms with Crippen molar-refractivity contribution < 1.29 is 19.1 Å². The van der Waals surface area contributed by atoms with Gasteiger partial charge in [-0.2, -0.15) is 0 Å². The first kappa shape index (κ1) is 12.7. The van der Waals surface area contributed by atoms with Crippen LogP contribution in [0.1, 0.15) is 20.8 Å². The smallest absolute Gasteiger partial charge is 0.410 e. The van der Waals surface area contributed by atoms with E-state index in [1.807, 2.05) is 0 Å². The van der Waals surface area contributed by atoms with E-state index in [9.17, 15) is 14.4 Å². The van der Waals surface area contributed by atoms with Gasteiger partial charge in [0.2, 0.25) is 11.8 Å². The first-order chi connectivity index (χ1) is 8.22. The molecule has 2 saturated heterocycles. The second-order valence-electron chi connectivity index (χ2n) is 5.65. The molecule has 0 saturated carbocycles. The van der Waals surface area contributed by atoms with Gasteiger partial charge in [0.05, 0.1) is 19.6 Å². The third-order valence-electron chi connectivity index (χ3n) is 2.80. The SMILES string of the molecule is CC(C)(C)OC(=O)N1CC2(C1)NC(=O)CNC2=O. The van der Waals surface area contributed by atoms with Crippen molar-refractivity contribution >= 4 is 17.9 Å². The van der Waals surface area contributed by atoms with Crippen molar-refractivity contribution in [3.05, 3.63) is 0 Å². The molecule has 0 unspecified atom stereocenters. The molecule has 18 heavy (non-hydrogen) atoms. The first-order valence-electron chi connectivity index (χ1n) is 5.79. The Bertz CT molecular complexity index is 407. The van der Waals surface area contributed by atoms with E-state index in [-0.39, 0.29) is 31.4 Å². The molecule has 2 N–H and O–H groups in total. The van der Waals surface area contributed by atoms with Gasteiger partial charge in [-0.05, 0) is 20.8 Å². The van der Waals surface area contributed by atoms with Crippen LogP contribution in [0.4, 0.5) is 4.79 Å². The molecule has 2 aliphatic heterocycles. The third-order valence-corrected chi connectivity index (χ3v) is 2.80. The van der Waals surface area contributed by atoms with E-state index in [1.54, 1.807) is 20.8 Å². The quantitative estimate of drug-likeness (QED) is 0.594. The maximum atomic E-state index is 11.7. The minimum atomic E-state index is -0.966. The summed E-state index contributed by atoms with van der Waals surface area (Å²) in [4.78, 5) is 36.1. The summed E-state index contributed by atoms with van der Waals surface area (Å²) in [5, 5.41) is 5.13. The van der Waals surface area contributed by atoms with Crippen LogP contribution in [0.2, 0.25) is 0 Å². The number of ether oxygens (including phenoxy) is 1. The van der Waals surface area contributed by atoms with Gasteiger partial charge in [-0.1, -0.05) is 0 Å². The predicted octanol–water partition coefficient (Wildman–Crippen LogP) is -0.778. The summed E-state index contributed by atoms with van der Waals surface area (Å²) in [5.74, 6) is -0.486. The maximum absolute atomic E-state index is 11.7. The normalized spacial score (nSPS) is 22.1. The molecule has 2 rings (SSSR count). The highest BCUT2D eigenvalue weighted by atomic mass is 16.6. The molecule has 0 bridgehead atoms. The zero-order chi connectivity index (χ0) is 13.6. The first-order valence-corrected chi connectivity index (χ1v) is 5.79. The molecule has 2 fully saturated rings. The molecule has 0 aromatic heterocycles. The van der Waals surface area contributed by atoms with Crippen LogP contribution < -0.4 is 10.6 Å². The summed E-state index contributed by atoms with van der Waals surface area (Å²) in [7, 11) is 0. The standard InChI is InChI=1S/C11H17N3O4/c1-10(2,3)18-9(17)14-5-11(6-14)8(16)12-4-7(15)13-11/h4-6H2,1-3H3,(H,12,16)(H,13,15). The zero-order valence-electron chi connectivity index (χ0n) is 10.7. The van der Waals surface area contributed by atoms with Crippen molar-refractivity contribution in [2.45, 2.75) is 31.9 Å². The topological polar surface area (TPSA) is 87.7 Å². The van der Waals surface area contributed by atoms with E-state index < -0.39 is 17.2 Å². The van der Waals surface area contributed by atoms with Gasteiger partial charge in [-0.3, -0.25) is 9.59 Å². The van der Waals surface area contributed by atoms with Crippen LogP contribution in [0.15, 0.2) is 0 Å². The molecule has 0 aromatic rings. The van der Waals surface area contributed by atoms with E-state index in [2.05, 4.69) is 10.6 Å². The highest BCUT2D eigenvalue weighted by Crippen LogP contribution is 2.25. The Kier molecular flexibility index (Phi) is 2.71. The fraction of sp³-hybridized carbons (Fsp3) is 0.727. The summed E-state index contributed by atoms with van der Waals surface area (Å²) in [6.07, 6.45) is -0.472. The number of hydrogen-bond acceptors (Lipinski definition) is 4. The molecular formula is C11H17N3O4. The van der Waals surface area contributed by atoms with Crippen LogP contribution in [0.25, 0.3) is 0 Å². The Morgan fingerprint density at radius 2 is 1.94 bits per heavy atom. The molecule has 7 nitrogen and oxygen atoms in total. The number of nitrogens with zero attached hydrogens (tertiary/aromatic N) is 1. The van der Waals surface area contributed by atoms with Gasteiger partial charge >= 0.3 is 6.09 Å². The number of rotatable bonds is 0. The van der Waals surface area contributed by atoms with E-state index in [4.69, 9.17) is 4.74 Å². The van der Waals surface area contributed by atoms with Gasteiger partial charge in [0, 0.05) is 0 Å². The summed E-state index contributed by atoms with van der Waals surface area (Å²) in [5.41, 5.74) is -1.54. The van der Waals surface area contributed by atoms with Crippen LogP contribution in [-0.2, 0) is 14.3 Å². The number of carbonyl (C=O) groups excluding carboxylic acids is 3. The van der Waals surface area contributed by atoms with Crippen molar-refractivity contribution in [3.63, 3.8) is 0 Å². The number of carbonyl (C=O) groups is 3. The number of amides is 3. The van der Waals surface area contributed by atoms with Gasteiger partial charge < -0.3 is 20.3 Å². The molecule has 3 amide bonds. The lowest BCUT2D eigenvalue weighted by molar-refractivity contribution is -0.145. The lowest BCUT2D eigenvalue weighted by atomic mass is 9.87. The Morgan fingerprint density at radius 3 is 2.50 bits per heavy atom. The van der Waals surface area contributed by atoms with Gasteiger partial charge in [0.15, 0.2) is 5.54 Å². The van der Waals surface area contributed by atoms with Crippen LogP contribution in [0.5, 0.6) is 0 Å². The van der Waals surface area contributed by atoms with Gasteiger partial charge in [0.25, 0.3) is 0 Å². The highest BCUT2D eigenvalue weighted by molar-refractivity contribution is 6.00. The third kappa shape index (κ3) is 2.25. The zero-order valence-corrected chi connectivity index (χ0v) is 10.7. The van der Waals surface area contributed by atoms with Crippen LogP contribution >= 0.6 is 0 Å². The molecule has 0 aromatic carbocycles. The number of piperazine rings is 1. The lowest BCUT2D eigenvalue weighted by Gasteiger charge is -2.50. The average molecular weight is 255 g/mol. The van der Waals surface area contributed by atoms with Crippen molar-refractivity contribution in [1.82, 2.24) is 15.5 Å². The van der Waals surface area contributed by atoms with Crippen molar-refractivity contribution in [1.29, 1.82) is 0 Å². The Morgan fingerprint density at radius 1 is 1.33 bits per heavy atom. The molecule has 1 spiro atoms. The summed E-state index contributed by atoms with van der Waals surface area (Å²) in [6, 6.07) is 0.